The molecule has 4 nitrogen and oxygen atoms in total. The van der Waals surface area contributed by atoms with E-state index >= 15 is 0 Å². The second kappa shape index (κ2) is 7.35. The predicted octanol–water partition coefficient (Wildman–Crippen LogP) is 1.14. The molecule has 0 aliphatic carbocycles. The number of carbonyl (C=O) groups excluding carboxylic acids is 1. The van der Waals surface area contributed by atoms with Crippen LogP contribution in [0.5, 0.6) is 0 Å². The molecule has 0 saturated carbocycles. The quantitative estimate of drug-likeness (QED) is 0.728. The van der Waals surface area contributed by atoms with Gasteiger partial charge in [-0.3, -0.25) is 4.79 Å². The molecule has 1 N–H and O–H groups in total. The summed E-state index contributed by atoms with van der Waals surface area (Å²) in [7, 11) is 4.11. The fraction of sp³-hybridized carbons (Fsp3) is 0.636. The third-order valence-corrected chi connectivity index (χ3v) is 2.81. The Bertz CT molecular complexity index is 298. The first-order valence-corrected chi connectivity index (χ1v) is 6.41. The minimum Gasteiger partial charge on any atom is -0.356 e. The molecule has 0 spiro atoms. The van der Waals surface area contributed by atoms with Crippen molar-refractivity contribution in [3.05, 3.63) is 16.6 Å². The Balaban J connectivity index is 2.03. The van der Waals surface area contributed by atoms with Gasteiger partial charge in [0.2, 0.25) is 5.91 Å². The van der Waals surface area contributed by atoms with E-state index in [9.17, 15) is 4.79 Å². The molecule has 0 saturated heterocycles. The predicted molar refractivity (Wildman–Crippen MR) is 66.6 cm³/mol. The van der Waals surface area contributed by atoms with E-state index in [0.29, 0.717) is 6.42 Å². The van der Waals surface area contributed by atoms with Gasteiger partial charge in [-0.25, -0.2) is 4.98 Å². The van der Waals surface area contributed by atoms with Gasteiger partial charge in [0.05, 0.1) is 17.6 Å². The molecule has 0 bridgehead atoms. The van der Waals surface area contributed by atoms with Gasteiger partial charge in [0, 0.05) is 11.9 Å². The summed E-state index contributed by atoms with van der Waals surface area (Å²) in [5.41, 5.74) is 2.61. The van der Waals surface area contributed by atoms with Crippen molar-refractivity contribution in [2.75, 3.05) is 27.2 Å². The average Bonchev–Trinajstić information content (AvgIpc) is 2.69. The molecule has 1 amide bonds. The highest BCUT2D eigenvalue weighted by Crippen LogP contribution is 2.01. The van der Waals surface area contributed by atoms with E-state index in [1.165, 1.54) is 11.3 Å². The van der Waals surface area contributed by atoms with Gasteiger partial charge in [0.25, 0.3) is 0 Å². The Kier molecular flexibility index (Phi) is 6.03. The number of carbonyl (C=O) groups is 1. The number of amides is 1. The molecular formula is C11H19N3OS. The van der Waals surface area contributed by atoms with Crippen LogP contribution in [0, 0.1) is 0 Å². The summed E-state index contributed by atoms with van der Waals surface area (Å²) in [5.74, 6) is 0.0655. The summed E-state index contributed by atoms with van der Waals surface area (Å²) < 4.78 is 0. The lowest BCUT2D eigenvalue weighted by Gasteiger charge is -2.09. The highest BCUT2D eigenvalue weighted by Gasteiger charge is 2.03. The van der Waals surface area contributed by atoms with Crippen LogP contribution in [0.2, 0.25) is 0 Å². The molecule has 0 aliphatic rings. The van der Waals surface area contributed by atoms with Crippen molar-refractivity contribution in [2.45, 2.75) is 19.3 Å². The Morgan fingerprint density at radius 1 is 1.50 bits per heavy atom. The van der Waals surface area contributed by atoms with Crippen molar-refractivity contribution >= 4 is 17.2 Å². The van der Waals surface area contributed by atoms with E-state index in [1.807, 2.05) is 5.38 Å². The first-order chi connectivity index (χ1) is 7.68. The minimum absolute atomic E-state index is 0.0655. The lowest BCUT2D eigenvalue weighted by Crippen LogP contribution is -2.26. The van der Waals surface area contributed by atoms with Gasteiger partial charge in [-0.1, -0.05) is 0 Å². The van der Waals surface area contributed by atoms with Crippen LogP contribution >= 0.6 is 11.3 Å². The van der Waals surface area contributed by atoms with Crippen LogP contribution in [0.1, 0.15) is 18.5 Å². The van der Waals surface area contributed by atoms with Crippen molar-refractivity contribution in [1.29, 1.82) is 0 Å². The fourth-order valence-corrected chi connectivity index (χ4v) is 1.89. The summed E-state index contributed by atoms with van der Waals surface area (Å²) in [4.78, 5) is 17.7. The van der Waals surface area contributed by atoms with Gasteiger partial charge in [-0.05, 0) is 33.5 Å². The number of nitrogens with one attached hydrogen (secondary N) is 1. The Hall–Kier alpha value is -0.940. The summed E-state index contributed by atoms with van der Waals surface area (Å²) >= 11 is 1.52. The van der Waals surface area contributed by atoms with Crippen molar-refractivity contribution in [2.24, 2.45) is 0 Å². The standard InChI is InChI=1S/C11H19N3OS/c1-14(2)6-4-3-5-12-11(15)7-10-8-16-9-13-10/h8-9H,3-7H2,1-2H3,(H,12,15). The van der Waals surface area contributed by atoms with E-state index < -0.39 is 0 Å². The Morgan fingerprint density at radius 3 is 2.94 bits per heavy atom. The van der Waals surface area contributed by atoms with Crippen molar-refractivity contribution in [3.63, 3.8) is 0 Å². The maximum absolute atomic E-state index is 11.5. The molecule has 0 aliphatic heterocycles. The van der Waals surface area contributed by atoms with E-state index in [0.717, 1.165) is 31.6 Å². The van der Waals surface area contributed by atoms with Gasteiger partial charge in [-0.2, -0.15) is 0 Å². The third-order valence-electron chi connectivity index (χ3n) is 2.18. The molecule has 0 fully saturated rings. The Labute approximate surface area is 101 Å². The van der Waals surface area contributed by atoms with E-state index in [2.05, 4.69) is 29.3 Å². The molecule has 90 valence electrons. The zero-order valence-corrected chi connectivity index (χ0v) is 10.7. The van der Waals surface area contributed by atoms with Gasteiger partial charge < -0.3 is 10.2 Å². The minimum atomic E-state index is 0.0655. The molecular weight excluding hydrogens is 222 g/mol. The number of nitrogens with zero attached hydrogens (tertiary/aromatic N) is 2. The van der Waals surface area contributed by atoms with E-state index in [1.54, 1.807) is 5.51 Å². The zero-order valence-electron chi connectivity index (χ0n) is 9.90. The summed E-state index contributed by atoms with van der Waals surface area (Å²) in [6.45, 7) is 1.83. The van der Waals surface area contributed by atoms with Crippen molar-refractivity contribution in [1.82, 2.24) is 15.2 Å². The lowest BCUT2D eigenvalue weighted by atomic mass is 10.3. The lowest BCUT2D eigenvalue weighted by molar-refractivity contribution is -0.120. The van der Waals surface area contributed by atoms with E-state index in [4.69, 9.17) is 0 Å². The van der Waals surface area contributed by atoms with Crippen LogP contribution in [0.3, 0.4) is 0 Å². The van der Waals surface area contributed by atoms with E-state index in [-0.39, 0.29) is 5.91 Å². The maximum Gasteiger partial charge on any atom is 0.226 e. The third kappa shape index (κ3) is 5.82. The fourth-order valence-electron chi connectivity index (χ4n) is 1.33. The van der Waals surface area contributed by atoms with Crippen molar-refractivity contribution in [3.8, 4) is 0 Å². The molecule has 0 atom stereocenters. The summed E-state index contributed by atoms with van der Waals surface area (Å²) in [6.07, 6.45) is 2.54. The summed E-state index contributed by atoms with van der Waals surface area (Å²) in [6, 6.07) is 0. The van der Waals surface area contributed by atoms with Crippen LogP contribution in [0.4, 0.5) is 0 Å². The number of unbranched alkanes of at least 4 members (excludes halogenated alkanes) is 1. The van der Waals surface area contributed by atoms with Crippen molar-refractivity contribution < 1.29 is 4.79 Å². The molecule has 0 unspecified atom stereocenters. The first-order valence-electron chi connectivity index (χ1n) is 5.47. The topological polar surface area (TPSA) is 45.2 Å². The number of rotatable bonds is 7. The molecule has 1 aromatic heterocycles. The van der Waals surface area contributed by atoms with Gasteiger partial charge >= 0.3 is 0 Å². The Morgan fingerprint density at radius 2 is 2.31 bits per heavy atom. The van der Waals surface area contributed by atoms with Crippen LogP contribution < -0.4 is 5.32 Å². The maximum atomic E-state index is 11.5. The highest BCUT2D eigenvalue weighted by atomic mass is 32.1. The van der Waals surface area contributed by atoms with Crippen LogP contribution in [0.15, 0.2) is 10.9 Å². The highest BCUT2D eigenvalue weighted by molar-refractivity contribution is 7.07. The van der Waals surface area contributed by atoms with Gasteiger partial charge in [0.1, 0.15) is 0 Å². The average molecular weight is 241 g/mol. The number of hydrogen-bond acceptors (Lipinski definition) is 4. The van der Waals surface area contributed by atoms with Gasteiger partial charge in [0.15, 0.2) is 0 Å². The largest absolute Gasteiger partial charge is 0.356 e. The summed E-state index contributed by atoms with van der Waals surface area (Å²) in [5, 5.41) is 4.81. The SMILES string of the molecule is CN(C)CCCCNC(=O)Cc1cscn1. The molecule has 1 rings (SSSR count). The van der Waals surface area contributed by atoms with Crippen LogP contribution in [0.25, 0.3) is 0 Å². The molecule has 16 heavy (non-hydrogen) atoms. The van der Waals surface area contributed by atoms with Crippen LogP contribution in [-0.2, 0) is 11.2 Å². The number of aromatic nitrogens is 1. The smallest absolute Gasteiger partial charge is 0.226 e. The monoisotopic (exact) mass is 241 g/mol. The molecule has 0 aromatic carbocycles. The van der Waals surface area contributed by atoms with Crippen LogP contribution in [-0.4, -0.2) is 43.0 Å². The molecule has 0 radical (unpaired) electrons. The van der Waals surface area contributed by atoms with Gasteiger partial charge in [-0.15, -0.1) is 11.3 Å². The molecule has 5 heteroatoms. The number of thiazole rings is 1. The second-order valence-corrected chi connectivity index (χ2v) is 4.74. The molecule has 1 heterocycles. The number of hydrogen-bond donors (Lipinski definition) is 1. The normalized spacial score (nSPS) is 10.7. The first kappa shape index (κ1) is 13.1. The molecule has 1 aromatic rings. The second-order valence-electron chi connectivity index (χ2n) is 4.02. The zero-order chi connectivity index (χ0) is 11.8.